The Labute approximate surface area is 185 Å². The SMILES string of the molecule is O=C(NCC[C@H]1CC[C@H](NS(=O)(=O)c2ccc(Cl)cc2)[C@H](CO)O1)c1ccccc1F. The third-order valence-corrected chi connectivity index (χ3v) is 6.85. The highest BCUT2D eigenvalue weighted by Gasteiger charge is 2.33. The van der Waals surface area contributed by atoms with Crippen LogP contribution in [0.2, 0.25) is 5.02 Å². The Hall–Kier alpha value is -2.04. The average Bonchev–Trinajstić information content (AvgIpc) is 2.75. The number of nitrogens with one attached hydrogen (secondary N) is 2. The highest BCUT2D eigenvalue weighted by Crippen LogP contribution is 2.24. The molecule has 7 nitrogen and oxygen atoms in total. The predicted molar refractivity (Wildman–Crippen MR) is 114 cm³/mol. The van der Waals surface area contributed by atoms with Crippen LogP contribution < -0.4 is 10.0 Å². The van der Waals surface area contributed by atoms with Crippen molar-refractivity contribution in [2.24, 2.45) is 0 Å². The molecule has 1 heterocycles. The molecule has 1 aliphatic heterocycles. The second-order valence-electron chi connectivity index (χ2n) is 7.26. The number of hydrogen-bond acceptors (Lipinski definition) is 5. The summed E-state index contributed by atoms with van der Waals surface area (Å²) >= 11 is 5.81. The minimum absolute atomic E-state index is 0.0306. The van der Waals surface area contributed by atoms with E-state index in [2.05, 4.69) is 10.0 Å². The maximum absolute atomic E-state index is 13.7. The Morgan fingerprint density at radius 3 is 2.55 bits per heavy atom. The molecular formula is C21H24ClFN2O5S. The third kappa shape index (κ3) is 6.24. The van der Waals surface area contributed by atoms with Crippen molar-refractivity contribution in [1.29, 1.82) is 0 Å². The van der Waals surface area contributed by atoms with E-state index in [0.717, 1.165) is 0 Å². The molecule has 2 aromatic rings. The molecule has 0 aliphatic carbocycles. The van der Waals surface area contributed by atoms with E-state index < -0.39 is 33.9 Å². The molecule has 0 saturated carbocycles. The third-order valence-electron chi connectivity index (χ3n) is 5.10. The molecule has 1 aliphatic rings. The average molecular weight is 471 g/mol. The van der Waals surface area contributed by atoms with E-state index in [0.29, 0.717) is 24.3 Å². The van der Waals surface area contributed by atoms with E-state index in [4.69, 9.17) is 16.3 Å². The van der Waals surface area contributed by atoms with E-state index in [1.807, 2.05) is 0 Å². The Kier molecular flexibility index (Phi) is 8.01. The fourth-order valence-electron chi connectivity index (χ4n) is 3.45. The summed E-state index contributed by atoms with van der Waals surface area (Å²) in [5, 5.41) is 12.8. The lowest BCUT2D eigenvalue weighted by Gasteiger charge is -2.36. The van der Waals surface area contributed by atoms with Crippen LogP contribution in [0.5, 0.6) is 0 Å². The van der Waals surface area contributed by atoms with Crippen LogP contribution in [0.3, 0.4) is 0 Å². The molecule has 0 spiro atoms. The van der Waals surface area contributed by atoms with Gasteiger partial charge in [0.1, 0.15) is 5.82 Å². The van der Waals surface area contributed by atoms with Crippen LogP contribution in [0.4, 0.5) is 4.39 Å². The van der Waals surface area contributed by atoms with Gasteiger partial charge in [-0.25, -0.2) is 17.5 Å². The molecule has 1 amide bonds. The number of rotatable bonds is 8. The first kappa shape index (κ1) is 23.6. The number of sulfonamides is 1. The Balaban J connectivity index is 1.51. The lowest BCUT2D eigenvalue weighted by molar-refractivity contribution is -0.0871. The zero-order chi connectivity index (χ0) is 22.4. The number of aliphatic hydroxyl groups excluding tert-OH is 1. The molecule has 2 aromatic carbocycles. The van der Waals surface area contributed by atoms with Crippen LogP contribution in [-0.2, 0) is 14.8 Å². The molecule has 3 atom stereocenters. The van der Waals surface area contributed by atoms with Crippen molar-refractivity contribution in [2.45, 2.75) is 42.4 Å². The van der Waals surface area contributed by atoms with Gasteiger partial charge < -0.3 is 15.2 Å². The van der Waals surface area contributed by atoms with Gasteiger partial charge in [0.05, 0.1) is 35.3 Å². The topological polar surface area (TPSA) is 105 Å². The predicted octanol–water partition coefficient (Wildman–Crippen LogP) is 2.49. The Morgan fingerprint density at radius 1 is 1.16 bits per heavy atom. The summed E-state index contributed by atoms with van der Waals surface area (Å²) in [5.74, 6) is -1.11. The summed E-state index contributed by atoms with van der Waals surface area (Å²) < 4.78 is 47.3. The van der Waals surface area contributed by atoms with E-state index in [9.17, 15) is 22.7 Å². The lowest BCUT2D eigenvalue weighted by atomic mass is 9.98. The molecule has 168 valence electrons. The molecule has 3 N–H and O–H groups in total. The first-order chi connectivity index (χ1) is 14.8. The van der Waals surface area contributed by atoms with Crippen molar-refractivity contribution >= 4 is 27.5 Å². The van der Waals surface area contributed by atoms with Gasteiger partial charge in [-0.1, -0.05) is 23.7 Å². The fourth-order valence-corrected chi connectivity index (χ4v) is 4.87. The highest BCUT2D eigenvalue weighted by atomic mass is 35.5. The number of aliphatic hydroxyl groups is 1. The second kappa shape index (κ2) is 10.5. The van der Waals surface area contributed by atoms with Crippen molar-refractivity contribution < 1.29 is 27.4 Å². The maximum atomic E-state index is 13.7. The van der Waals surface area contributed by atoms with Gasteiger partial charge in [0.25, 0.3) is 5.91 Å². The van der Waals surface area contributed by atoms with Crippen molar-refractivity contribution in [3.8, 4) is 0 Å². The largest absolute Gasteiger partial charge is 0.394 e. The molecule has 3 rings (SSSR count). The van der Waals surface area contributed by atoms with Crippen LogP contribution >= 0.6 is 11.6 Å². The van der Waals surface area contributed by atoms with Gasteiger partial charge in [-0.2, -0.15) is 0 Å². The fraction of sp³-hybridized carbons (Fsp3) is 0.381. The lowest BCUT2D eigenvalue weighted by Crippen LogP contribution is -2.51. The first-order valence-corrected chi connectivity index (χ1v) is 11.7. The van der Waals surface area contributed by atoms with Crippen LogP contribution in [0, 0.1) is 5.82 Å². The van der Waals surface area contributed by atoms with Crippen molar-refractivity contribution in [3.63, 3.8) is 0 Å². The standard InChI is InChI=1S/C21H24ClFN2O5S/c22-14-5-8-16(9-6-14)31(28,29)25-19-10-7-15(30-20(19)13-26)11-12-24-21(27)17-3-1-2-4-18(17)23/h1-6,8-9,15,19-20,25-26H,7,10-13H2,(H,24,27)/t15-,19+,20+/m1/s1. The molecule has 31 heavy (non-hydrogen) atoms. The van der Waals surface area contributed by atoms with Crippen LogP contribution in [0.1, 0.15) is 29.6 Å². The number of benzene rings is 2. The number of amides is 1. The number of halogens is 2. The second-order valence-corrected chi connectivity index (χ2v) is 9.41. The molecule has 0 bridgehead atoms. The number of carbonyl (C=O) groups is 1. The highest BCUT2D eigenvalue weighted by molar-refractivity contribution is 7.89. The monoisotopic (exact) mass is 470 g/mol. The summed E-state index contributed by atoms with van der Waals surface area (Å²) in [6.07, 6.45) is 0.467. The summed E-state index contributed by atoms with van der Waals surface area (Å²) in [4.78, 5) is 12.2. The van der Waals surface area contributed by atoms with E-state index in [1.165, 1.54) is 42.5 Å². The maximum Gasteiger partial charge on any atom is 0.254 e. The summed E-state index contributed by atoms with van der Waals surface area (Å²) in [6.45, 7) is -0.0942. The number of ether oxygens (including phenoxy) is 1. The van der Waals surface area contributed by atoms with Gasteiger partial charge in [-0.15, -0.1) is 0 Å². The van der Waals surface area contributed by atoms with Gasteiger partial charge in [0.2, 0.25) is 10.0 Å². The Morgan fingerprint density at radius 2 is 1.87 bits per heavy atom. The normalized spacial score (nSPS) is 21.6. The molecule has 10 heteroatoms. The number of carbonyl (C=O) groups excluding carboxylic acids is 1. The quantitative estimate of drug-likeness (QED) is 0.549. The minimum Gasteiger partial charge on any atom is -0.394 e. The van der Waals surface area contributed by atoms with Crippen LogP contribution in [0.25, 0.3) is 0 Å². The summed E-state index contributed by atoms with van der Waals surface area (Å²) in [5.41, 5.74) is -0.0306. The molecule has 0 aromatic heterocycles. The first-order valence-electron chi connectivity index (χ1n) is 9.87. The molecular weight excluding hydrogens is 447 g/mol. The van der Waals surface area contributed by atoms with Gasteiger partial charge >= 0.3 is 0 Å². The zero-order valence-corrected chi connectivity index (χ0v) is 18.2. The molecule has 0 radical (unpaired) electrons. The smallest absolute Gasteiger partial charge is 0.254 e. The van der Waals surface area contributed by atoms with Gasteiger partial charge in [0, 0.05) is 11.6 Å². The van der Waals surface area contributed by atoms with Crippen LogP contribution in [-0.4, -0.2) is 50.8 Å². The summed E-state index contributed by atoms with van der Waals surface area (Å²) in [6, 6.07) is 10.9. The van der Waals surface area contributed by atoms with Crippen molar-refractivity contribution in [2.75, 3.05) is 13.2 Å². The zero-order valence-electron chi connectivity index (χ0n) is 16.6. The van der Waals surface area contributed by atoms with Gasteiger partial charge in [-0.05, 0) is 55.7 Å². The van der Waals surface area contributed by atoms with E-state index >= 15 is 0 Å². The minimum atomic E-state index is -3.79. The van der Waals surface area contributed by atoms with Gasteiger partial charge in [0.15, 0.2) is 0 Å². The van der Waals surface area contributed by atoms with E-state index in [-0.39, 0.29) is 29.7 Å². The Bertz CT molecular complexity index is 1000. The van der Waals surface area contributed by atoms with Gasteiger partial charge in [-0.3, -0.25) is 4.79 Å². The summed E-state index contributed by atoms with van der Waals surface area (Å²) in [7, 11) is -3.79. The van der Waals surface area contributed by atoms with Crippen molar-refractivity contribution in [3.05, 3.63) is 64.9 Å². The number of hydrogen-bond donors (Lipinski definition) is 3. The molecule has 1 saturated heterocycles. The molecule has 1 fully saturated rings. The molecule has 0 unspecified atom stereocenters. The van der Waals surface area contributed by atoms with Crippen LogP contribution in [0.15, 0.2) is 53.4 Å². The van der Waals surface area contributed by atoms with Crippen molar-refractivity contribution in [1.82, 2.24) is 10.0 Å². The van der Waals surface area contributed by atoms with E-state index in [1.54, 1.807) is 6.07 Å².